The number of nitrogens with two attached hydrogens (primary N) is 1. The van der Waals surface area contributed by atoms with Crippen molar-refractivity contribution in [2.75, 3.05) is 13.1 Å². The van der Waals surface area contributed by atoms with Gasteiger partial charge in [0, 0.05) is 31.7 Å². The average molecular weight is 265 g/mol. The zero-order valence-electron chi connectivity index (χ0n) is 11.2. The molecule has 2 heterocycles. The number of nitrogens with zero attached hydrogens (tertiary/aromatic N) is 4. The monoisotopic (exact) mass is 265 g/mol. The molecule has 3 N–H and O–H groups in total. The molecule has 0 unspecified atom stereocenters. The van der Waals surface area contributed by atoms with Crippen molar-refractivity contribution in [3.05, 3.63) is 18.2 Å². The van der Waals surface area contributed by atoms with Gasteiger partial charge in [-0.25, -0.2) is 4.98 Å². The molecular weight excluding hydrogens is 246 g/mol. The lowest BCUT2D eigenvalue weighted by atomic mass is 9.79. The van der Waals surface area contributed by atoms with E-state index in [1.54, 1.807) is 22.0 Å². The van der Waals surface area contributed by atoms with Gasteiger partial charge in [-0.05, 0) is 12.8 Å². The van der Waals surface area contributed by atoms with Crippen LogP contribution in [0.5, 0.6) is 0 Å². The predicted octanol–water partition coefficient (Wildman–Crippen LogP) is 0.409. The minimum atomic E-state index is -0.338. The van der Waals surface area contributed by atoms with Crippen LogP contribution in [-0.4, -0.2) is 44.5 Å². The molecule has 0 atom stereocenters. The summed E-state index contributed by atoms with van der Waals surface area (Å²) in [6.45, 7) is 3.12. The Kier molecular flexibility index (Phi) is 3.46. The molecule has 1 amide bonds. The highest BCUT2D eigenvalue weighted by molar-refractivity contribution is 5.92. The summed E-state index contributed by atoms with van der Waals surface area (Å²) in [5.74, 6) is 0.166. The second-order valence-electron chi connectivity index (χ2n) is 5.26. The molecule has 0 aliphatic carbocycles. The molecule has 0 radical (unpaired) electrons. The normalized spacial score (nSPS) is 19.5. The van der Waals surface area contributed by atoms with Crippen LogP contribution in [0.25, 0.3) is 0 Å². The first-order valence-corrected chi connectivity index (χ1v) is 6.21. The van der Waals surface area contributed by atoms with Crippen molar-refractivity contribution in [1.82, 2.24) is 14.5 Å². The zero-order valence-corrected chi connectivity index (χ0v) is 11.2. The van der Waals surface area contributed by atoms with Crippen molar-refractivity contribution in [2.45, 2.75) is 19.8 Å². The van der Waals surface area contributed by atoms with Gasteiger partial charge in [0.25, 0.3) is 5.91 Å². The summed E-state index contributed by atoms with van der Waals surface area (Å²) in [4.78, 5) is 18.0. The Hall–Kier alpha value is -2.05. The summed E-state index contributed by atoms with van der Waals surface area (Å²) in [5, 5.41) is 11.9. The van der Waals surface area contributed by atoms with E-state index in [2.05, 4.69) is 10.1 Å². The number of hydrogen-bond acceptors (Lipinski definition) is 4. The standard InChI is InChI=1S/C12H19N5O2/c1-12(11(13)15-19)3-5-17(6-4-12)10(18)9-7-16(2)8-14-9/h7-8,19H,3-6H2,1-2H3,(H2,13,15). The lowest BCUT2D eigenvalue weighted by Crippen LogP contribution is -2.47. The van der Waals surface area contributed by atoms with Gasteiger partial charge in [0.1, 0.15) is 11.5 Å². The molecule has 0 saturated carbocycles. The van der Waals surface area contributed by atoms with Gasteiger partial charge in [-0.2, -0.15) is 0 Å². The lowest BCUT2D eigenvalue weighted by molar-refractivity contribution is 0.0661. The number of aromatic nitrogens is 2. The van der Waals surface area contributed by atoms with Crippen LogP contribution in [0.4, 0.5) is 0 Å². The van der Waals surface area contributed by atoms with Crippen molar-refractivity contribution in [2.24, 2.45) is 23.4 Å². The van der Waals surface area contributed by atoms with Crippen LogP contribution < -0.4 is 5.73 Å². The van der Waals surface area contributed by atoms with E-state index in [1.165, 1.54) is 0 Å². The Labute approximate surface area is 111 Å². The smallest absolute Gasteiger partial charge is 0.274 e. The minimum Gasteiger partial charge on any atom is -0.409 e. The molecule has 2 rings (SSSR count). The third-order valence-corrected chi connectivity index (χ3v) is 3.80. The summed E-state index contributed by atoms with van der Waals surface area (Å²) in [5.41, 5.74) is 5.81. The summed E-state index contributed by atoms with van der Waals surface area (Å²) < 4.78 is 1.75. The van der Waals surface area contributed by atoms with E-state index in [0.717, 1.165) is 0 Å². The second kappa shape index (κ2) is 4.91. The van der Waals surface area contributed by atoms with Crippen molar-refractivity contribution in [3.63, 3.8) is 0 Å². The number of carbonyl (C=O) groups is 1. The van der Waals surface area contributed by atoms with Crippen molar-refractivity contribution in [1.29, 1.82) is 0 Å². The molecule has 1 aliphatic rings. The number of oxime groups is 1. The van der Waals surface area contributed by atoms with Crippen molar-refractivity contribution >= 4 is 11.7 Å². The fraction of sp³-hybridized carbons (Fsp3) is 0.583. The molecule has 0 spiro atoms. The van der Waals surface area contributed by atoms with E-state index in [-0.39, 0.29) is 17.2 Å². The number of hydrogen-bond donors (Lipinski definition) is 2. The SMILES string of the molecule is Cn1cnc(C(=O)N2CCC(C)(C(N)=NO)CC2)c1. The maximum absolute atomic E-state index is 12.2. The van der Waals surface area contributed by atoms with Gasteiger partial charge in [0.15, 0.2) is 0 Å². The average Bonchev–Trinajstić information content (AvgIpc) is 2.84. The van der Waals surface area contributed by atoms with Crippen LogP contribution in [0.2, 0.25) is 0 Å². The number of piperidine rings is 1. The molecule has 7 heteroatoms. The van der Waals surface area contributed by atoms with E-state index in [0.29, 0.717) is 31.6 Å². The van der Waals surface area contributed by atoms with E-state index in [1.807, 2.05) is 14.0 Å². The first kappa shape index (κ1) is 13.4. The first-order chi connectivity index (χ1) is 8.96. The quantitative estimate of drug-likeness (QED) is 0.350. The summed E-state index contributed by atoms with van der Waals surface area (Å²) >= 11 is 0. The van der Waals surface area contributed by atoms with Crippen LogP contribution in [-0.2, 0) is 7.05 Å². The molecule has 104 valence electrons. The van der Waals surface area contributed by atoms with Gasteiger partial charge in [-0.3, -0.25) is 4.79 Å². The first-order valence-electron chi connectivity index (χ1n) is 6.21. The number of imidazole rings is 1. The predicted molar refractivity (Wildman–Crippen MR) is 69.9 cm³/mol. The maximum atomic E-state index is 12.2. The highest BCUT2D eigenvalue weighted by atomic mass is 16.4. The number of likely N-dealkylation sites (tertiary alicyclic amines) is 1. The Bertz CT molecular complexity index is 500. The Balaban J connectivity index is 2.02. The topological polar surface area (TPSA) is 96.7 Å². The van der Waals surface area contributed by atoms with Crippen LogP contribution in [0.15, 0.2) is 17.7 Å². The van der Waals surface area contributed by atoms with E-state index in [9.17, 15) is 4.79 Å². The molecule has 7 nitrogen and oxygen atoms in total. The van der Waals surface area contributed by atoms with Crippen LogP contribution in [0.1, 0.15) is 30.3 Å². The van der Waals surface area contributed by atoms with E-state index >= 15 is 0 Å². The van der Waals surface area contributed by atoms with Crippen LogP contribution >= 0.6 is 0 Å². The Morgan fingerprint density at radius 2 is 2.16 bits per heavy atom. The molecular formula is C12H19N5O2. The number of amides is 1. The summed E-state index contributed by atoms with van der Waals surface area (Å²) in [7, 11) is 1.83. The summed E-state index contributed by atoms with van der Waals surface area (Å²) in [6, 6.07) is 0. The fourth-order valence-corrected chi connectivity index (χ4v) is 2.27. The largest absolute Gasteiger partial charge is 0.409 e. The lowest BCUT2D eigenvalue weighted by Gasteiger charge is -2.38. The minimum absolute atomic E-state index is 0.0674. The molecule has 1 aromatic rings. The molecule has 0 aromatic carbocycles. The molecule has 1 saturated heterocycles. The zero-order chi connectivity index (χ0) is 14.0. The van der Waals surface area contributed by atoms with Crippen molar-refractivity contribution < 1.29 is 10.0 Å². The van der Waals surface area contributed by atoms with Gasteiger partial charge in [-0.15, -0.1) is 0 Å². The van der Waals surface area contributed by atoms with E-state index < -0.39 is 0 Å². The fourth-order valence-electron chi connectivity index (χ4n) is 2.27. The van der Waals surface area contributed by atoms with Crippen LogP contribution in [0.3, 0.4) is 0 Å². The Morgan fingerprint density at radius 3 is 2.63 bits per heavy atom. The number of rotatable bonds is 2. The highest BCUT2D eigenvalue weighted by Gasteiger charge is 2.36. The van der Waals surface area contributed by atoms with E-state index in [4.69, 9.17) is 10.9 Å². The van der Waals surface area contributed by atoms with Gasteiger partial charge < -0.3 is 20.4 Å². The number of aryl methyl sites for hydroxylation is 1. The Morgan fingerprint density at radius 1 is 1.53 bits per heavy atom. The second-order valence-corrected chi connectivity index (χ2v) is 5.26. The van der Waals surface area contributed by atoms with Gasteiger partial charge in [0.05, 0.1) is 6.33 Å². The third-order valence-electron chi connectivity index (χ3n) is 3.80. The maximum Gasteiger partial charge on any atom is 0.274 e. The molecule has 1 aliphatic heterocycles. The summed E-state index contributed by atoms with van der Waals surface area (Å²) in [6.07, 6.45) is 4.68. The number of amidine groups is 1. The number of carbonyl (C=O) groups excluding carboxylic acids is 1. The van der Waals surface area contributed by atoms with Gasteiger partial charge in [0.2, 0.25) is 0 Å². The van der Waals surface area contributed by atoms with Gasteiger partial charge in [-0.1, -0.05) is 12.1 Å². The highest BCUT2D eigenvalue weighted by Crippen LogP contribution is 2.31. The molecule has 1 fully saturated rings. The molecule has 19 heavy (non-hydrogen) atoms. The molecule has 1 aromatic heterocycles. The third kappa shape index (κ3) is 2.54. The van der Waals surface area contributed by atoms with Crippen molar-refractivity contribution in [3.8, 4) is 0 Å². The van der Waals surface area contributed by atoms with Crippen LogP contribution in [0, 0.1) is 5.41 Å². The van der Waals surface area contributed by atoms with Gasteiger partial charge >= 0.3 is 0 Å². The molecule has 0 bridgehead atoms.